The monoisotopic (exact) mass is 469 g/mol. The lowest BCUT2D eigenvalue weighted by Crippen LogP contribution is -2.57. The van der Waals surface area contributed by atoms with E-state index in [-0.39, 0.29) is 31.2 Å². The van der Waals surface area contributed by atoms with E-state index in [1.807, 2.05) is 0 Å². The summed E-state index contributed by atoms with van der Waals surface area (Å²) < 4.78 is 23.4. The van der Waals surface area contributed by atoms with E-state index < -0.39 is 21.0 Å². The van der Waals surface area contributed by atoms with Crippen molar-refractivity contribution < 1.29 is 27.7 Å². The highest BCUT2D eigenvalue weighted by Gasteiger charge is 2.44. The fourth-order valence-corrected chi connectivity index (χ4v) is 4.58. The maximum absolute atomic E-state index is 13.0. The molecule has 3 N–H and O–H groups in total. The van der Waals surface area contributed by atoms with Gasteiger partial charge in [-0.05, 0) is 57.4 Å². The fraction of sp³-hybridized carbons (Fsp3) is 0.217. The Balaban J connectivity index is 1.73. The number of benzene rings is 2. The number of amides is 3. The number of nitrogens with zero attached hydrogens (tertiary/aromatic N) is 1. The average Bonchev–Trinajstić information content (AvgIpc) is 3.34. The number of carbonyl (C=O) groups is 3. The van der Waals surface area contributed by atoms with Crippen LogP contribution in [0.3, 0.4) is 0 Å². The molecule has 9 nitrogen and oxygen atoms in total. The van der Waals surface area contributed by atoms with E-state index in [4.69, 9.17) is 14.9 Å². The van der Waals surface area contributed by atoms with Gasteiger partial charge in [0.25, 0.3) is 11.8 Å². The van der Waals surface area contributed by atoms with Gasteiger partial charge in [-0.3, -0.25) is 23.9 Å². The van der Waals surface area contributed by atoms with Gasteiger partial charge in [0.15, 0.2) is 5.54 Å². The van der Waals surface area contributed by atoms with Crippen molar-refractivity contribution >= 4 is 44.6 Å². The van der Waals surface area contributed by atoms with Crippen molar-refractivity contribution in [2.45, 2.75) is 17.0 Å². The van der Waals surface area contributed by atoms with Gasteiger partial charge in [-0.15, -0.1) is 0 Å². The summed E-state index contributed by atoms with van der Waals surface area (Å²) in [5, 5.41) is 2.64. The molecule has 0 radical (unpaired) electrons. The van der Waals surface area contributed by atoms with Gasteiger partial charge in [-0.2, -0.15) is 0 Å². The minimum Gasteiger partial charge on any atom is -0.497 e. The Morgan fingerprint density at radius 2 is 2.09 bits per heavy atom. The molecule has 3 amide bonds. The molecule has 1 unspecified atom stereocenters. The third kappa shape index (κ3) is 3.98. The molecule has 0 bridgehead atoms. The van der Waals surface area contributed by atoms with Crippen molar-refractivity contribution in [2.75, 3.05) is 19.9 Å². The van der Waals surface area contributed by atoms with E-state index >= 15 is 0 Å². The van der Waals surface area contributed by atoms with Crippen LogP contribution in [0.1, 0.15) is 21.7 Å². The quantitative estimate of drug-likeness (QED) is 0.393. The van der Waals surface area contributed by atoms with Gasteiger partial charge in [0.05, 0.1) is 13.7 Å². The minimum absolute atomic E-state index is 0.0574. The number of furan rings is 1. The van der Waals surface area contributed by atoms with Crippen LogP contribution >= 0.6 is 0 Å². The zero-order valence-corrected chi connectivity index (χ0v) is 18.9. The third-order valence-electron chi connectivity index (χ3n) is 5.66. The zero-order valence-electron chi connectivity index (χ0n) is 18.1. The number of methoxy groups -OCH3 is 1. The lowest BCUT2D eigenvalue weighted by molar-refractivity contribution is -0.130. The lowest BCUT2D eigenvalue weighted by Gasteiger charge is -2.29. The zero-order chi connectivity index (χ0) is 24.0. The average molecular weight is 470 g/mol. The maximum Gasteiger partial charge on any atom is 0.256 e. The second-order valence-electron chi connectivity index (χ2n) is 8.06. The van der Waals surface area contributed by atoms with Gasteiger partial charge in [-0.25, -0.2) is 0 Å². The maximum atomic E-state index is 13.0. The SMILES string of the molecule is C=S(C)(=O)c1ccc2oc([C@@](N)(CN3Cc4ccc(OC)cc4C3=O)C(=O)NC=O)cc2c1. The minimum atomic E-state index is -2.47. The molecule has 1 aliphatic heterocycles. The van der Waals surface area contributed by atoms with Crippen molar-refractivity contribution in [1.82, 2.24) is 10.2 Å². The molecular formula is C23H23N3O6S. The van der Waals surface area contributed by atoms with Crippen LogP contribution in [0.2, 0.25) is 0 Å². The molecule has 0 spiro atoms. The van der Waals surface area contributed by atoms with Gasteiger partial charge < -0.3 is 19.8 Å². The number of hydrogen-bond acceptors (Lipinski definition) is 7. The summed E-state index contributed by atoms with van der Waals surface area (Å²) in [7, 11) is -0.963. The van der Waals surface area contributed by atoms with Crippen LogP contribution in [0, 0.1) is 0 Å². The molecule has 1 aliphatic rings. The Hall–Kier alpha value is -3.63. The number of ether oxygens (including phenoxy) is 1. The normalized spacial score (nSPS) is 16.7. The Kier molecular flexibility index (Phi) is 5.51. The number of fused-ring (bicyclic) bond motifs is 2. The molecule has 4 rings (SSSR count). The molecule has 2 atom stereocenters. The molecular weight excluding hydrogens is 446 g/mol. The van der Waals surface area contributed by atoms with Crippen LogP contribution < -0.4 is 15.8 Å². The van der Waals surface area contributed by atoms with E-state index in [0.717, 1.165) is 5.56 Å². The summed E-state index contributed by atoms with van der Waals surface area (Å²) in [6.07, 6.45) is 1.75. The summed E-state index contributed by atoms with van der Waals surface area (Å²) in [6.45, 7) is -0.00963. The first-order valence-electron chi connectivity index (χ1n) is 9.93. The smallest absolute Gasteiger partial charge is 0.256 e. The second-order valence-corrected chi connectivity index (χ2v) is 10.5. The summed E-state index contributed by atoms with van der Waals surface area (Å²) >= 11 is 0. The van der Waals surface area contributed by atoms with Crippen molar-refractivity contribution in [1.29, 1.82) is 0 Å². The highest BCUT2D eigenvalue weighted by molar-refractivity contribution is 7.99. The molecule has 0 saturated heterocycles. The molecule has 1 aromatic heterocycles. The van der Waals surface area contributed by atoms with Crippen LogP contribution in [0.15, 0.2) is 51.8 Å². The van der Waals surface area contributed by atoms with Crippen LogP contribution in [0.4, 0.5) is 0 Å². The largest absolute Gasteiger partial charge is 0.497 e. The van der Waals surface area contributed by atoms with Crippen molar-refractivity contribution in [3.63, 3.8) is 0 Å². The van der Waals surface area contributed by atoms with E-state index in [1.165, 1.54) is 18.3 Å². The van der Waals surface area contributed by atoms with Gasteiger partial charge in [0.2, 0.25) is 6.41 Å². The van der Waals surface area contributed by atoms with Gasteiger partial charge in [0, 0.05) is 28.6 Å². The van der Waals surface area contributed by atoms with E-state index in [1.54, 1.807) is 42.5 Å². The summed E-state index contributed by atoms with van der Waals surface area (Å²) in [5.41, 5.74) is 6.28. The number of nitrogens with one attached hydrogen (secondary N) is 1. The van der Waals surface area contributed by atoms with E-state index in [9.17, 15) is 18.6 Å². The molecule has 33 heavy (non-hydrogen) atoms. The molecule has 0 fully saturated rings. The van der Waals surface area contributed by atoms with Crippen molar-refractivity contribution in [3.8, 4) is 5.75 Å². The lowest BCUT2D eigenvalue weighted by atomic mass is 9.95. The standard InChI is InChI=1S/C23H23N3O6S/c1-31-16-5-4-14-11-26(21(28)18(14)10-16)12-23(24,22(29)25-13-27)20-9-15-8-17(33(2,3)30)6-7-19(15)32-20/h4-10,13H,2,11-12,24H2,1,3H3,(H,25,27,29)/t23-,33?/m0/s1. The molecule has 0 aliphatic carbocycles. The predicted octanol–water partition coefficient (Wildman–Crippen LogP) is 1.23. The summed E-state index contributed by atoms with van der Waals surface area (Å²) in [5.74, 6) is 3.13. The predicted molar refractivity (Wildman–Crippen MR) is 123 cm³/mol. The second kappa shape index (κ2) is 8.05. The number of rotatable bonds is 7. The molecule has 2 aromatic carbocycles. The first-order valence-corrected chi connectivity index (χ1v) is 12.1. The highest BCUT2D eigenvalue weighted by atomic mass is 32.2. The van der Waals surface area contributed by atoms with Gasteiger partial charge in [0.1, 0.15) is 17.1 Å². The Labute approximate surface area is 190 Å². The highest BCUT2D eigenvalue weighted by Crippen LogP contribution is 2.33. The number of imide groups is 1. The van der Waals surface area contributed by atoms with Crippen LogP contribution in [-0.2, 0) is 31.2 Å². The van der Waals surface area contributed by atoms with E-state index in [0.29, 0.717) is 27.2 Å². The molecule has 172 valence electrons. The molecule has 3 aromatic rings. The summed E-state index contributed by atoms with van der Waals surface area (Å²) in [6, 6.07) is 11.6. The van der Waals surface area contributed by atoms with Crippen LogP contribution in [0.5, 0.6) is 5.75 Å². The Bertz CT molecular complexity index is 1390. The van der Waals surface area contributed by atoms with Crippen molar-refractivity contribution in [3.05, 3.63) is 59.4 Å². The van der Waals surface area contributed by atoms with Gasteiger partial charge >= 0.3 is 0 Å². The Morgan fingerprint density at radius 1 is 1.33 bits per heavy atom. The number of hydrogen-bond donors (Lipinski definition) is 2. The van der Waals surface area contributed by atoms with Crippen LogP contribution in [0.25, 0.3) is 11.0 Å². The topological polar surface area (TPSA) is 132 Å². The first-order chi connectivity index (χ1) is 15.6. The van der Waals surface area contributed by atoms with E-state index in [2.05, 4.69) is 11.2 Å². The Morgan fingerprint density at radius 3 is 2.76 bits per heavy atom. The molecule has 0 saturated carbocycles. The van der Waals surface area contributed by atoms with Crippen molar-refractivity contribution in [2.24, 2.45) is 5.73 Å². The van der Waals surface area contributed by atoms with Crippen LogP contribution in [-0.4, -0.2) is 53.1 Å². The number of nitrogens with two attached hydrogens (primary N) is 1. The fourth-order valence-electron chi connectivity index (χ4n) is 3.85. The third-order valence-corrected chi connectivity index (χ3v) is 6.91. The molecule has 2 heterocycles. The summed E-state index contributed by atoms with van der Waals surface area (Å²) in [4.78, 5) is 38.9. The first kappa shape index (κ1) is 22.6. The molecule has 10 heteroatoms. The number of carbonyl (C=O) groups excluding carboxylic acids is 3. The van der Waals surface area contributed by atoms with Gasteiger partial charge in [-0.1, -0.05) is 6.07 Å².